The molecule has 1 atom stereocenters. The number of carbonyl (C=O) groups is 1. The lowest BCUT2D eigenvalue weighted by atomic mass is 9.99. The Bertz CT molecular complexity index is 428. The van der Waals surface area contributed by atoms with E-state index in [1.165, 1.54) is 0 Å². The molecule has 0 saturated heterocycles. The highest BCUT2D eigenvalue weighted by atomic mass is 35.5. The van der Waals surface area contributed by atoms with Crippen LogP contribution in [0.15, 0.2) is 10.6 Å². The molecule has 2 rings (SSSR count). The molecule has 0 spiro atoms. The number of nitrogens with one attached hydrogen (secondary N) is 1. The molecule has 1 amide bonds. The van der Waals surface area contributed by atoms with Crippen LogP contribution < -0.4 is 11.1 Å². The van der Waals surface area contributed by atoms with E-state index in [9.17, 15) is 4.79 Å². The zero-order valence-corrected chi connectivity index (χ0v) is 12.9. The Kier molecular flexibility index (Phi) is 6.49. The summed E-state index contributed by atoms with van der Waals surface area (Å²) in [4.78, 5) is 12.1. The van der Waals surface area contributed by atoms with Gasteiger partial charge in [-0.05, 0) is 31.6 Å². The number of hydrogen-bond acceptors (Lipinski definition) is 4. The maximum absolute atomic E-state index is 12.1. The SMILES string of the molecule is CCC(CC)c1cc(C(=O)NC(CN)C2CC2)on1.Cl. The van der Waals surface area contributed by atoms with E-state index in [4.69, 9.17) is 10.3 Å². The molecule has 20 heavy (non-hydrogen) atoms. The molecule has 0 bridgehead atoms. The number of nitrogens with two attached hydrogens (primary N) is 1. The van der Waals surface area contributed by atoms with Gasteiger partial charge < -0.3 is 15.6 Å². The van der Waals surface area contributed by atoms with Crippen LogP contribution in [0.25, 0.3) is 0 Å². The quantitative estimate of drug-likeness (QED) is 0.810. The van der Waals surface area contributed by atoms with Crippen LogP contribution in [0.2, 0.25) is 0 Å². The van der Waals surface area contributed by atoms with Crippen LogP contribution in [-0.4, -0.2) is 23.7 Å². The summed E-state index contributed by atoms with van der Waals surface area (Å²) in [6, 6.07) is 1.82. The second kappa shape index (κ2) is 7.64. The minimum atomic E-state index is -0.202. The first kappa shape index (κ1) is 17.0. The van der Waals surface area contributed by atoms with Gasteiger partial charge in [0.05, 0.1) is 5.69 Å². The lowest BCUT2D eigenvalue weighted by Crippen LogP contribution is -2.41. The molecule has 1 heterocycles. The highest BCUT2D eigenvalue weighted by molar-refractivity contribution is 5.91. The van der Waals surface area contributed by atoms with Gasteiger partial charge >= 0.3 is 0 Å². The number of aromatic nitrogens is 1. The van der Waals surface area contributed by atoms with Crippen LogP contribution in [0.5, 0.6) is 0 Å². The first-order valence-corrected chi connectivity index (χ1v) is 7.17. The van der Waals surface area contributed by atoms with Gasteiger partial charge in [0.2, 0.25) is 5.76 Å². The van der Waals surface area contributed by atoms with Gasteiger partial charge in [0.25, 0.3) is 5.91 Å². The van der Waals surface area contributed by atoms with Gasteiger partial charge in [-0.25, -0.2) is 0 Å². The van der Waals surface area contributed by atoms with E-state index in [1.54, 1.807) is 6.07 Å². The third kappa shape index (κ3) is 3.96. The Balaban J connectivity index is 0.00000200. The zero-order chi connectivity index (χ0) is 13.8. The molecular formula is C14H24ClN3O2. The van der Waals surface area contributed by atoms with Gasteiger partial charge in [-0.15, -0.1) is 12.4 Å². The molecule has 1 aromatic rings. The maximum Gasteiger partial charge on any atom is 0.290 e. The fourth-order valence-corrected chi connectivity index (χ4v) is 2.40. The van der Waals surface area contributed by atoms with E-state index in [2.05, 4.69) is 24.3 Å². The molecule has 1 aliphatic carbocycles. The van der Waals surface area contributed by atoms with Crippen molar-refractivity contribution < 1.29 is 9.32 Å². The summed E-state index contributed by atoms with van der Waals surface area (Å²) >= 11 is 0. The molecule has 1 unspecified atom stereocenters. The van der Waals surface area contributed by atoms with Crippen molar-refractivity contribution in [3.63, 3.8) is 0 Å². The van der Waals surface area contributed by atoms with Crippen LogP contribution >= 0.6 is 12.4 Å². The molecule has 114 valence electrons. The predicted molar refractivity (Wildman–Crippen MR) is 80.1 cm³/mol. The fraction of sp³-hybridized carbons (Fsp3) is 0.714. The third-order valence-electron chi connectivity index (χ3n) is 3.92. The van der Waals surface area contributed by atoms with Gasteiger partial charge in [-0.2, -0.15) is 0 Å². The van der Waals surface area contributed by atoms with Crippen molar-refractivity contribution in [3.05, 3.63) is 17.5 Å². The van der Waals surface area contributed by atoms with Gasteiger partial charge in [-0.1, -0.05) is 19.0 Å². The monoisotopic (exact) mass is 301 g/mol. The van der Waals surface area contributed by atoms with E-state index in [0.717, 1.165) is 31.4 Å². The standard InChI is InChI=1S/C14H23N3O2.ClH/c1-3-9(4-2)11-7-13(19-17-11)14(18)16-12(8-15)10-5-6-10;/h7,9-10,12H,3-6,8,15H2,1-2H3,(H,16,18);1H. The summed E-state index contributed by atoms with van der Waals surface area (Å²) < 4.78 is 5.15. The van der Waals surface area contributed by atoms with Gasteiger partial charge in [0.15, 0.2) is 0 Å². The van der Waals surface area contributed by atoms with Crippen molar-refractivity contribution in [1.29, 1.82) is 0 Å². The largest absolute Gasteiger partial charge is 0.351 e. The predicted octanol–water partition coefficient (Wildman–Crippen LogP) is 2.47. The highest BCUT2D eigenvalue weighted by Gasteiger charge is 2.32. The average Bonchev–Trinajstić information content (AvgIpc) is 3.15. The Morgan fingerprint density at radius 2 is 2.15 bits per heavy atom. The topological polar surface area (TPSA) is 81.2 Å². The fourth-order valence-electron chi connectivity index (χ4n) is 2.40. The van der Waals surface area contributed by atoms with Crippen LogP contribution in [0.3, 0.4) is 0 Å². The lowest BCUT2D eigenvalue weighted by molar-refractivity contribution is 0.0896. The molecule has 0 aromatic carbocycles. The van der Waals surface area contributed by atoms with Crippen LogP contribution in [0.4, 0.5) is 0 Å². The van der Waals surface area contributed by atoms with Crippen molar-refractivity contribution >= 4 is 18.3 Å². The van der Waals surface area contributed by atoms with Gasteiger partial charge in [0.1, 0.15) is 0 Å². The number of nitrogens with zero attached hydrogens (tertiary/aromatic N) is 1. The van der Waals surface area contributed by atoms with E-state index < -0.39 is 0 Å². The number of carbonyl (C=O) groups excluding carboxylic acids is 1. The third-order valence-corrected chi connectivity index (χ3v) is 3.92. The summed E-state index contributed by atoms with van der Waals surface area (Å²) in [5, 5.41) is 6.94. The minimum Gasteiger partial charge on any atom is -0.351 e. The lowest BCUT2D eigenvalue weighted by Gasteiger charge is -2.14. The smallest absolute Gasteiger partial charge is 0.290 e. The first-order valence-electron chi connectivity index (χ1n) is 7.17. The highest BCUT2D eigenvalue weighted by Crippen LogP contribution is 2.32. The Morgan fingerprint density at radius 3 is 2.65 bits per heavy atom. The molecule has 0 aliphatic heterocycles. The molecular weight excluding hydrogens is 278 g/mol. The second-order valence-corrected chi connectivity index (χ2v) is 5.28. The Labute approximate surface area is 126 Å². The molecule has 1 aromatic heterocycles. The van der Waals surface area contributed by atoms with Crippen LogP contribution in [0.1, 0.15) is 61.7 Å². The minimum absolute atomic E-state index is 0. The Hall–Kier alpha value is -1.07. The van der Waals surface area contributed by atoms with Crippen molar-refractivity contribution in [2.45, 2.75) is 51.5 Å². The van der Waals surface area contributed by atoms with Gasteiger partial charge in [-0.3, -0.25) is 4.79 Å². The summed E-state index contributed by atoms with van der Waals surface area (Å²) in [5.41, 5.74) is 6.54. The van der Waals surface area contributed by atoms with E-state index in [-0.39, 0.29) is 24.4 Å². The molecule has 3 N–H and O–H groups in total. The molecule has 1 saturated carbocycles. The Morgan fingerprint density at radius 1 is 1.50 bits per heavy atom. The average molecular weight is 302 g/mol. The number of rotatable bonds is 7. The number of amides is 1. The summed E-state index contributed by atoms with van der Waals surface area (Å²) in [7, 11) is 0. The van der Waals surface area contributed by atoms with Crippen molar-refractivity contribution in [2.75, 3.05) is 6.54 Å². The zero-order valence-electron chi connectivity index (χ0n) is 12.1. The molecule has 6 heteroatoms. The summed E-state index contributed by atoms with van der Waals surface area (Å²) in [6.45, 7) is 4.70. The molecule has 5 nitrogen and oxygen atoms in total. The van der Waals surface area contributed by atoms with Crippen molar-refractivity contribution in [3.8, 4) is 0 Å². The van der Waals surface area contributed by atoms with Crippen molar-refractivity contribution in [1.82, 2.24) is 10.5 Å². The van der Waals surface area contributed by atoms with Crippen LogP contribution in [-0.2, 0) is 0 Å². The number of hydrogen-bond donors (Lipinski definition) is 2. The van der Waals surface area contributed by atoms with Crippen LogP contribution in [0, 0.1) is 5.92 Å². The summed E-state index contributed by atoms with van der Waals surface area (Å²) in [6.07, 6.45) is 4.30. The number of halogens is 1. The van der Waals surface area contributed by atoms with E-state index in [1.807, 2.05) is 0 Å². The van der Waals surface area contributed by atoms with E-state index in [0.29, 0.717) is 24.1 Å². The molecule has 0 radical (unpaired) electrons. The first-order chi connectivity index (χ1) is 9.19. The summed E-state index contributed by atoms with van der Waals surface area (Å²) in [5.74, 6) is 0.988. The maximum atomic E-state index is 12.1. The second-order valence-electron chi connectivity index (χ2n) is 5.28. The van der Waals surface area contributed by atoms with Crippen molar-refractivity contribution in [2.24, 2.45) is 11.7 Å². The molecule has 1 fully saturated rings. The normalized spacial score (nSPS) is 15.8. The van der Waals surface area contributed by atoms with Gasteiger partial charge in [0, 0.05) is 24.6 Å². The van der Waals surface area contributed by atoms with E-state index >= 15 is 0 Å². The molecule has 1 aliphatic rings.